The Labute approximate surface area is 197 Å². The summed E-state index contributed by atoms with van der Waals surface area (Å²) in [4.78, 5) is 17.0. The Morgan fingerprint density at radius 3 is 2.67 bits per heavy atom. The number of amides is 1. The number of amidine groups is 2. The number of para-hydroxylation sites is 1. The van der Waals surface area contributed by atoms with Crippen LogP contribution in [0.25, 0.3) is 11.8 Å². The Balaban J connectivity index is 1.57. The molecule has 33 heavy (non-hydrogen) atoms. The summed E-state index contributed by atoms with van der Waals surface area (Å²) in [5.74, 6) is -0.747. The molecule has 0 saturated heterocycles. The number of unbranched alkanes of at least 4 members (excludes halogenated alkanes) is 4. The van der Waals surface area contributed by atoms with E-state index in [1.807, 2.05) is 24.5 Å². The van der Waals surface area contributed by atoms with Gasteiger partial charge in [-0.2, -0.15) is 15.1 Å². The average molecular weight is 466 g/mol. The number of thioether (sulfide) groups is 1. The van der Waals surface area contributed by atoms with Gasteiger partial charge < -0.3 is 4.57 Å². The number of carbonyl (C=O) groups excluding carboxylic acids is 1. The van der Waals surface area contributed by atoms with E-state index in [0.717, 1.165) is 41.3 Å². The number of rotatable bonds is 8. The van der Waals surface area contributed by atoms with Crippen LogP contribution in [-0.4, -0.2) is 31.5 Å². The van der Waals surface area contributed by atoms with E-state index in [-0.39, 0.29) is 17.2 Å². The Bertz CT molecular complexity index is 1190. The second-order valence-electron chi connectivity index (χ2n) is 8.29. The molecule has 1 aromatic carbocycles. The van der Waals surface area contributed by atoms with Crippen molar-refractivity contribution >= 4 is 39.8 Å². The van der Waals surface area contributed by atoms with Crippen LogP contribution in [0.5, 0.6) is 0 Å². The first-order chi connectivity index (χ1) is 15.9. The number of aliphatic imine (C=N–C) groups is 1. The minimum Gasteiger partial charge on any atom is -0.315 e. The topological polar surface area (TPSA) is 73.8 Å². The lowest BCUT2D eigenvalue weighted by Gasteiger charge is -2.20. The molecule has 3 heterocycles. The fourth-order valence-electron chi connectivity index (χ4n) is 4.11. The molecule has 0 atom stereocenters. The van der Waals surface area contributed by atoms with Gasteiger partial charge in [0.25, 0.3) is 5.91 Å². The van der Waals surface area contributed by atoms with Crippen LogP contribution < -0.4 is 0 Å². The van der Waals surface area contributed by atoms with Gasteiger partial charge in [-0.1, -0.05) is 44.7 Å². The van der Waals surface area contributed by atoms with E-state index < -0.39 is 5.91 Å². The molecule has 1 N–H and O–H groups in total. The van der Waals surface area contributed by atoms with Crippen molar-refractivity contribution in [3.05, 3.63) is 58.7 Å². The third kappa shape index (κ3) is 4.71. The molecule has 0 bridgehead atoms. The van der Waals surface area contributed by atoms with Gasteiger partial charge in [0.15, 0.2) is 5.84 Å². The second kappa shape index (κ2) is 9.87. The monoisotopic (exact) mass is 465 g/mol. The van der Waals surface area contributed by atoms with Crippen LogP contribution in [0.15, 0.2) is 46.0 Å². The predicted octanol–water partition coefficient (Wildman–Crippen LogP) is 6.21. The number of hydrogen-bond donors (Lipinski definition) is 1. The highest BCUT2D eigenvalue weighted by atomic mass is 32.2. The molecule has 2 aliphatic rings. The number of carbonyl (C=O) groups is 1. The zero-order valence-electron chi connectivity index (χ0n) is 19.2. The molecule has 1 amide bonds. The number of nitrogens with one attached hydrogen (secondary N) is 1. The molecular weight excluding hydrogens is 437 g/mol. The fourth-order valence-corrected chi connectivity index (χ4v) is 5.03. The summed E-state index contributed by atoms with van der Waals surface area (Å²) in [5.41, 5.74) is 3.00. The van der Waals surface area contributed by atoms with E-state index in [2.05, 4.69) is 17.0 Å². The highest BCUT2D eigenvalue weighted by Crippen LogP contribution is 2.31. The van der Waals surface area contributed by atoms with E-state index in [4.69, 9.17) is 5.41 Å². The third-order valence-corrected chi connectivity index (χ3v) is 6.82. The van der Waals surface area contributed by atoms with Crippen LogP contribution in [0.4, 0.5) is 4.39 Å². The van der Waals surface area contributed by atoms with Gasteiger partial charge in [-0.25, -0.2) is 4.39 Å². The summed E-state index contributed by atoms with van der Waals surface area (Å²) < 4.78 is 16.2. The number of hydrogen-bond acceptors (Lipinski definition) is 4. The molecule has 0 spiro atoms. The standard InChI is InChI=1S/C25H28FN5OS/c1-4-5-6-7-8-13-22-29-31-23(27)19(24(32)28-25(31)33-22)15-18-14-16(2)30(17(18)3)21-12-10-9-11-20(21)26/h9-12,14-15,27H,4-8,13H2,1-3H3/b19-15+,27-23?. The zero-order valence-corrected chi connectivity index (χ0v) is 20.0. The van der Waals surface area contributed by atoms with Crippen molar-refractivity contribution in [2.75, 3.05) is 0 Å². The van der Waals surface area contributed by atoms with Crippen molar-refractivity contribution in [2.24, 2.45) is 10.1 Å². The van der Waals surface area contributed by atoms with Crippen LogP contribution in [-0.2, 0) is 4.79 Å². The van der Waals surface area contributed by atoms with Gasteiger partial charge in [-0.3, -0.25) is 10.2 Å². The Morgan fingerprint density at radius 1 is 1.15 bits per heavy atom. The van der Waals surface area contributed by atoms with Crippen molar-refractivity contribution in [1.82, 2.24) is 9.58 Å². The van der Waals surface area contributed by atoms with Crippen molar-refractivity contribution in [3.63, 3.8) is 0 Å². The molecule has 4 rings (SSSR count). The maximum Gasteiger partial charge on any atom is 0.283 e. The van der Waals surface area contributed by atoms with Gasteiger partial charge in [0, 0.05) is 11.4 Å². The number of aryl methyl sites for hydroxylation is 1. The first-order valence-electron chi connectivity index (χ1n) is 11.3. The minimum atomic E-state index is -0.450. The number of benzene rings is 1. The van der Waals surface area contributed by atoms with E-state index in [1.165, 1.54) is 42.1 Å². The zero-order chi connectivity index (χ0) is 23.5. The van der Waals surface area contributed by atoms with Gasteiger partial charge in [0.2, 0.25) is 5.17 Å². The van der Waals surface area contributed by atoms with Crippen LogP contribution >= 0.6 is 11.8 Å². The number of nitrogens with zero attached hydrogens (tertiary/aromatic N) is 4. The Hall–Kier alpha value is -3.00. The summed E-state index contributed by atoms with van der Waals surface area (Å²) in [6.07, 6.45) is 8.34. The quantitative estimate of drug-likeness (QED) is 0.372. The first-order valence-corrected chi connectivity index (χ1v) is 12.1. The molecule has 0 radical (unpaired) electrons. The summed E-state index contributed by atoms with van der Waals surface area (Å²) in [5, 5.41) is 15.9. The highest BCUT2D eigenvalue weighted by Gasteiger charge is 2.35. The number of aromatic nitrogens is 1. The maximum atomic E-state index is 14.4. The van der Waals surface area contributed by atoms with Crippen molar-refractivity contribution in [2.45, 2.75) is 59.3 Å². The summed E-state index contributed by atoms with van der Waals surface area (Å²) in [6, 6.07) is 8.47. The lowest BCUT2D eigenvalue weighted by Crippen LogP contribution is -2.35. The fraction of sp³-hybridized carbons (Fsp3) is 0.360. The van der Waals surface area contributed by atoms with Crippen LogP contribution in [0, 0.1) is 25.1 Å². The highest BCUT2D eigenvalue weighted by molar-refractivity contribution is 8.26. The molecule has 0 saturated carbocycles. The van der Waals surface area contributed by atoms with Crippen molar-refractivity contribution in [1.29, 1.82) is 5.41 Å². The SMILES string of the molecule is CCCCCCCC1=NN2C(=N)/C(=C\c3cc(C)n(-c4ccccc4F)c3C)C(=O)N=C2S1. The molecule has 2 aromatic rings. The van der Waals surface area contributed by atoms with Crippen molar-refractivity contribution in [3.8, 4) is 5.69 Å². The number of hydrazone groups is 1. The summed E-state index contributed by atoms with van der Waals surface area (Å²) in [7, 11) is 0. The molecule has 2 aliphatic heterocycles. The lowest BCUT2D eigenvalue weighted by molar-refractivity contribution is -0.114. The molecule has 1 aromatic heterocycles. The predicted molar refractivity (Wildman–Crippen MR) is 134 cm³/mol. The smallest absolute Gasteiger partial charge is 0.283 e. The van der Waals surface area contributed by atoms with E-state index >= 15 is 0 Å². The normalized spacial score (nSPS) is 17.0. The molecule has 0 aliphatic carbocycles. The van der Waals surface area contributed by atoms with E-state index in [1.54, 1.807) is 24.3 Å². The van der Waals surface area contributed by atoms with E-state index in [0.29, 0.717) is 10.9 Å². The largest absolute Gasteiger partial charge is 0.315 e. The van der Waals surface area contributed by atoms with Crippen LogP contribution in [0.1, 0.15) is 62.4 Å². The Kier molecular flexibility index (Phi) is 6.93. The van der Waals surface area contributed by atoms with Gasteiger partial charge in [0.05, 0.1) is 11.3 Å². The van der Waals surface area contributed by atoms with Crippen LogP contribution in [0.2, 0.25) is 0 Å². The minimum absolute atomic E-state index is 0.0224. The molecule has 6 nitrogen and oxygen atoms in total. The molecule has 8 heteroatoms. The van der Waals surface area contributed by atoms with Gasteiger partial charge in [-0.05, 0) is 68.3 Å². The third-order valence-electron chi connectivity index (χ3n) is 5.85. The Morgan fingerprint density at radius 2 is 1.91 bits per heavy atom. The van der Waals surface area contributed by atoms with Crippen LogP contribution in [0.3, 0.4) is 0 Å². The molecule has 172 valence electrons. The summed E-state index contributed by atoms with van der Waals surface area (Å²) >= 11 is 1.37. The van der Waals surface area contributed by atoms with Gasteiger partial charge in [-0.15, -0.1) is 0 Å². The molecule has 0 fully saturated rings. The summed E-state index contributed by atoms with van der Waals surface area (Å²) in [6.45, 7) is 5.95. The molecular formula is C25H28FN5OS. The van der Waals surface area contributed by atoms with E-state index in [9.17, 15) is 9.18 Å². The maximum absolute atomic E-state index is 14.4. The first kappa shape index (κ1) is 23.2. The number of fused-ring (bicyclic) bond motifs is 1. The van der Waals surface area contributed by atoms with Gasteiger partial charge >= 0.3 is 0 Å². The second-order valence-corrected chi connectivity index (χ2v) is 9.33. The lowest BCUT2D eigenvalue weighted by atomic mass is 10.1. The van der Waals surface area contributed by atoms with Crippen molar-refractivity contribution < 1.29 is 9.18 Å². The molecule has 0 unspecified atom stereocenters. The van der Waals surface area contributed by atoms with Gasteiger partial charge in [0.1, 0.15) is 10.9 Å². The average Bonchev–Trinajstić information content (AvgIpc) is 3.31. The number of halogens is 1.